The number of hydrogen-bond donors (Lipinski definition) is 0. The quantitative estimate of drug-likeness (QED) is 0.655. The maximum atomic E-state index is 5.82. The standard InChI is InChI=1S/C14H10BrNO/c1-9-5-4-8-12-13(9)17-14(16-12)10-6-2-3-7-11(10)15/h2-8H,1H3. The van der Waals surface area contributed by atoms with Crippen LogP contribution in [-0.2, 0) is 0 Å². The summed E-state index contributed by atoms with van der Waals surface area (Å²) in [7, 11) is 0. The molecule has 3 heteroatoms. The second-order valence-corrected chi connectivity index (χ2v) is 4.78. The first kappa shape index (κ1) is 10.5. The van der Waals surface area contributed by atoms with Crippen LogP contribution >= 0.6 is 15.9 Å². The van der Waals surface area contributed by atoms with E-state index in [1.807, 2.05) is 49.4 Å². The zero-order chi connectivity index (χ0) is 11.8. The van der Waals surface area contributed by atoms with Crippen LogP contribution in [0.15, 0.2) is 51.4 Å². The van der Waals surface area contributed by atoms with Gasteiger partial charge in [-0.25, -0.2) is 4.98 Å². The summed E-state index contributed by atoms with van der Waals surface area (Å²) < 4.78 is 6.81. The van der Waals surface area contributed by atoms with Gasteiger partial charge in [0.15, 0.2) is 5.58 Å². The van der Waals surface area contributed by atoms with E-state index >= 15 is 0 Å². The van der Waals surface area contributed by atoms with Crippen molar-refractivity contribution >= 4 is 27.0 Å². The first-order chi connectivity index (χ1) is 8.25. The van der Waals surface area contributed by atoms with E-state index in [1.54, 1.807) is 0 Å². The molecule has 3 rings (SSSR count). The smallest absolute Gasteiger partial charge is 0.228 e. The SMILES string of the molecule is Cc1cccc2nc(-c3ccccc3Br)oc12. The van der Waals surface area contributed by atoms with Crippen molar-refractivity contribution in [1.82, 2.24) is 4.98 Å². The minimum atomic E-state index is 0.654. The Kier molecular flexibility index (Phi) is 2.48. The van der Waals surface area contributed by atoms with Crippen LogP contribution in [0.25, 0.3) is 22.6 Å². The zero-order valence-corrected chi connectivity index (χ0v) is 10.9. The van der Waals surface area contributed by atoms with Gasteiger partial charge in [0, 0.05) is 4.47 Å². The highest BCUT2D eigenvalue weighted by molar-refractivity contribution is 9.10. The fraction of sp³-hybridized carbons (Fsp3) is 0.0714. The Hall–Kier alpha value is -1.61. The van der Waals surface area contributed by atoms with Crippen molar-refractivity contribution in [2.75, 3.05) is 0 Å². The van der Waals surface area contributed by atoms with Crippen LogP contribution in [0.4, 0.5) is 0 Å². The van der Waals surface area contributed by atoms with Gasteiger partial charge in [-0.05, 0) is 46.6 Å². The Labute approximate surface area is 107 Å². The van der Waals surface area contributed by atoms with Crippen molar-refractivity contribution in [3.63, 3.8) is 0 Å². The van der Waals surface area contributed by atoms with E-state index in [0.29, 0.717) is 5.89 Å². The maximum absolute atomic E-state index is 5.82. The molecule has 2 nitrogen and oxygen atoms in total. The third-order valence-electron chi connectivity index (χ3n) is 2.72. The third kappa shape index (κ3) is 1.76. The van der Waals surface area contributed by atoms with Gasteiger partial charge >= 0.3 is 0 Å². The highest BCUT2D eigenvalue weighted by Gasteiger charge is 2.11. The molecule has 0 aliphatic heterocycles. The van der Waals surface area contributed by atoms with Gasteiger partial charge in [0.05, 0.1) is 5.56 Å². The third-order valence-corrected chi connectivity index (χ3v) is 3.41. The van der Waals surface area contributed by atoms with E-state index < -0.39 is 0 Å². The fourth-order valence-electron chi connectivity index (χ4n) is 1.84. The number of halogens is 1. The highest BCUT2D eigenvalue weighted by Crippen LogP contribution is 2.30. The van der Waals surface area contributed by atoms with E-state index in [4.69, 9.17) is 4.42 Å². The molecule has 0 fully saturated rings. The molecular formula is C14H10BrNO. The largest absolute Gasteiger partial charge is 0.436 e. The van der Waals surface area contributed by atoms with Gasteiger partial charge in [-0.3, -0.25) is 0 Å². The number of para-hydroxylation sites is 1. The van der Waals surface area contributed by atoms with Gasteiger partial charge in [0.25, 0.3) is 0 Å². The summed E-state index contributed by atoms with van der Waals surface area (Å²) in [6.07, 6.45) is 0. The van der Waals surface area contributed by atoms with Crippen molar-refractivity contribution in [3.8, 4) is 11.5 Å². The van der Waals surface area contributed by atoms with Gasteiger partial charge in [0.2, 0.25) is 5.89 Å². The molecule has 0 unspecified atom stereocenters. The van der Waals surface area contributed by atoms with Crippen molar-refractivity contribution in [1.29, 1.82) is 0 Å². The number of hydrogen-bond acceptors (Lipinski definition) is 2. The first-order valence-electron chi connectivity index (χ1n) is 5.37. The Morgan fingerprint density at radius 1 is 1.06 bits per heavy atom. The molecule has 1 aromatic heterocycles. The van der Waals surface area contributed by atoms with E-state index in [-0.39, 0.29) is 0 Å². The molecular weight excluding hydrogens is 278 g/mol. The minimum Gasteiger partial charge on any atom is -0.436 e. The number of fused-ring (bicyclic) bond motifs is 1. The maximum Gasteiger partial charge on any atom is 0.228 e. The Balaban J connectivity index is 2.26. The van der Waals surface area contributed by atoms with Crippen molar-refractivity contribution in [3.05, 3.63) is 52.5 Å². The second kappa shape index (κ2) is 4.00. The molecule has 0 saturated carbocycles. The van der Waals surface area contributed by atoms with Gasteiger partial charge in [-0.15, -0.1) is 0 Å². The summed E-state index contributed by atoms with van der Waals surface area (Å²) in [5.41, 5.74) is 3.84. The molecule has 0 aliphatic carbocycles. The van der Waals surface area contributed by atoms with Gasteiger partial charge < -0.3 is 4.42 Å². The summed E-state index contributed by atoms with van der Waals surface area (Å²) in [6, 6.07) is 13.9. The molecule has 0 aliphatic rings. The summed E-state index contributed by atoms with van der Waals surface area (Å²) in [4.78, 5) is 4.51. The molecule has 0 saturated heterocycles. The number of benzene rings is 2. The number of aromatic nitrogens is 1. The van der Waals surface area contributed by atoms with Crippen LogP contribution in [0.2, 0.25) is 0 Å². The van der Waals surface area contributed by atoms with Crippen LogP contribution in [0.1, 0.15) is 5.56 Å². The van der Waals surface area contributed by atoms with Crippen molar-refractivity contribution < 1.29 is 4.42 Å². The lowest BCUT2D eigenvalue weighted by Crippen LogP contribution is -1.77. The predicted octanol–water partition coefficient (Wildman–Crippen LogP) is 4.57. The van der Waals surface area contributed by atoms with Crippen LogP contribution < -0.4 is 0 Å². The molecule has 2 aromatic carbocycles. The topological polar surface area (TPSA) is 26.0 Å². The van der Waals surface area contributed by atoms with E-state index in [9.17, 15) is 0 Å². The van der Waals surface area contributed by atoms with Crippen LogP contribution in [0.3, 0.4) is 0 Å². The van der Waals surface area contributed by atoms with E-state index in [1.165, 1.54) is 0 Å². The number of aryl methyl sites for hydroxylation is 1. The predicted molar refractivity (Wildman–Crippen MR) is 71.9 cm³/mol. The first-order valence-corrected chi connectivity index (χ1v) is 6.16. The number of oxazole rings is 1. The lowest BCUT2D eigenvalue weighted by Gasteiger charge is -1.97. The normalized spacial score (nSPS) is 10.9. The average Bonchev–Trinajstić information content (AvgIpc) is 2.75. The van der Waals surface area contributed by atoms with Crippen LogP contribution in [-0.4, -0.2) is 4.98 Å². The molecule has 0 N–H and O–H groups in total. The highest BCUT2D eigenvalue weighted by atomic mass is 79.9. The van der Waals surface area contributed by atoms with Gasteiger partial charge in [-0.1, -0.05) is 24.3 Å². The molecule has 0 spiro atoms. The summed E-state index contributed by atoms with van der Waals surface area (Å²) in [6.45, 7) is 2.03. The minimum absolute atomic E-state index is 0.654. The van der Waals surface area contributed by atoms with Gasteiger partial charge in [-0.2, -0.15) is 0 Å². The van der Waals surface area contributed by atoms with Crippen LogP contribution in [0, 0.1) is 6.92 Å². The summed E-state index contributed by atoms with van der Waals surface area (Å²) in [5, 5.41) is 0. The molecule has 0 amide bonds. The van der Waals surface area contributed by atoms with E-state index in [0.717, 1.165) is 26.7 Å². The second-order valence-electron chi connectivity index (χ2n) is 3.92. The zero-order valence-electron chi connectivity index (χ0n) is 9.27. The lowest BCUT2D eigenvalue weighted by atomic mass is 10.2. The molecule has 17 heavy (non-hydrogen) atoms. The molecule has 0 atom stereocenters. The lowest BCUT2D eigenvalue weighted by molar-refractivity contribution is 0.617. The van der Waals surface area contributed by atoms with Crippen molar-refractivity contribution in [2.24, 2.45) is 0 Å². The molecule has 1 heterocycles. The average molecular weight is 288 g/mol. The molecule has 3 aromatic rings. The Morgan fingerprint density at radius 3 is 2.65 bits per heavy atom. The van der Waals surface area contributed by atoms with Crippen LogP contribution in [0.5, 0.6) is 0 Å². The molecule has 0 radical (unpaired) electrons. The number of nitrogens with zero attached hydrogens (tertiary/aromatic N) is 1. The summed E-state index contributed by atoms with van der Waals surface area (Å²) in [5.74, 6) is 0.654. The molecule has 0 bridgehead atoms. The Morgan fingerprint density at radius 2 is 1.88 bits per heavy atom. The monoisotopic (exact) mass is 287 g/mol. The van der Waals surface area contributed by atoms with Gasteiger partial charge in [0.1, 0.15) is 5.52 Å². The number of rotatable bonds is 1. The van der Waals surface area contributed by atoms with Crippen molar-refractivity contribution in [2.45, 2.75) is 6.92 Å². The van der Waals surface area contributed by atoms with E-state index in [2.05, 4.69) is 20.9 Å². The Bertz CT molecular complexity index is 688. The fourth-order valence-corrected chi connectivity index (χ4v) is 2.29. The summed E-state index contributed by atoms with van der Waals surface area (Å²) >= 11 is 3.51. The molecule has 84 valence electrons.